The summed E-state index contributed by atoms with van der Waals surface area (Å²) in [6.45, 7) is 3.15. The number of hydrogen-bond acceptors (Lipinski definition) is 5. The summed E-state index contributed by atoms with van der Waals surface area (Å²) < 4.78 is 10.6. The van der Waals surface area contributed by atoms with Crippen LogP contribution >= 0.6 is 15.9 Å². The number of non-ortho nitro benzene ring substituents is 1. The molecule has 0 aliphatic heterocycles. The Morgan fingerprint density at radius 2 is 2.17 bits per heavy atom. The zero-order chi connectivity index (χ0) is 13.7. The van der Waals surface area contributed by atoms with E-state index in [0.29, 0.717) is 4.47 Å². The standard InChI is InChI=1S/C11H12BrNO5/c1-7(2)18-11(14)6-17-10-5-8(13(15)16)3-4-9(10)12/h3-5,7H,6H2,1-2H3. The third kappa shape index (κ3) is 4.33. The SMILES string of the molecule is CC(C)OC(=O)COc1cc([N+](=O)[O-])ccc1Br. The molecule has 0 aliphatic carbocycles. The number of hydrogen-bond donors (Lipinski definition) is 0. The molecule has 0 heterocycles. The maximum Gasteiger partial charge on any atom is 0.344 e. The van der Waals surface area contributed by atoms with E-state index in [1.807, 2.05) is 0 Å². The molecule has 1 aromatic carbocycles. The molecule has 18 heavy (non-hydrogen) atoms. The van der Waals surface area contributed by atoms with Crippen molar-refractivity contribution >= 4 is 27.6 Å². The Balaban J connectivity index is 2.69. The lowest BCUT2D eigenvalue weighted by Gasteiger charge is -2.10. The number of halogens is 1. The van der Waals surface area contributed by atoms with Crippen LogP contribution in [0.15, 0.2) is 22.7 Å². The first-order valence-electron chi connectivity index (χ1n) is 5.16. The van der Waals surface area contributed by atoms with Crippen molar-refractivity contribution in [1.82, 2.24) is 0 Å². The largest absolute Gasteiger partial charge is 0.480 e. The van der Waals surface area contributed by atoms with Gasteiger partial charge in [-0.3, -0.25) is 10.1 Å². The molecule has 1 rings (SSSR count). The van der Waals surface area contributed by atoms with E-state index in [1.165, 1.54) is 18.2 Å². The molecule has 7 heteroatoms. The molecule has 6 nitrogen and oxygen atoms in total. The van der Waals surface area contributed by atoms with Gasteiger partial charge in [0.15, 0.2) is 6.61 Å². The van der Waals surface area contributed by atoms with Gasteiger partial charge in [-0.1, -0.05) is 0 Å². The number of carbonyl (C=O) groups excluding carboxylic acids is 1. The smallest absolute Gasteiger partial charge is 0.344 e. The number of carbonyl (C=O) groups is 1. The lowest BCUT2D eigenvalue weighted by Crippen LogP contribution is -2.18. The van der Waals surface area contributed by atoms with Gasteiger partial charge >= 0.3 is 5.97 Å². The van der Waals surface area contributed by atoms with Crippen molar-refractivity contribution in [1.29, 1.82) is 0 Å². The van der Waals surface area contributed by atoms with E-state index in [2.05, 4.69) is 15.9 Å². The number of nitrogens with zero attached hydrogens (tertiary/aromatic N) is 1. The second kappa shape index (κ2) is 6.34. The normalized spacial score (nSPS) is 10.2. The van der Waals surface area contributed by atoms with Crippen LogP contribution in [0, 0.1) is 10.1 Å². The molecule has 0 saturated heterocycles. The molecule has 0 radical (unpaired) electrons. The number of rotatable bonds is 5. The average Bonchev–Trinajstić information content (AvgIpc) is 2.26. The summed E-state index contributed by atoms with van der Waals surface area (Å²) in [6.07, 6.45) is -0.227. The first-order chi connectivity index (χ1) is 8.40. The molecule has 0 spiro atoms. The van der Waals surface area contributed by atoms with Gasteiger partial charge in [0.2, 0.25) is 0 Å². The van der Waals surface area contributed by atoms with Crippen LogP contribution in [0.5, 0.6) is 5.75 Å². The van der Waals surface area contributed by atoms with Crippen molar-refractivity contribution in [3.8, 4) is 5.75 Å². The molecule has 0 unspecified atom stereocenters. The van der Waals surface area contributed by atoms with E-state index in [0.717, 1.165) is 0 Å². The van der Waals surface area contributed by atoms with Crippen molar-refractivity contribution in [2.45, 2.75) is 20.0 Å². The first kappa shape index (κ1) is 14.4. The van der Waals surface area contributed by atoms with Gasteiger partial charge in [0.05, 0.1) is 21.6 Å². The van der Waals surface area contributed by atoms with Crippen molar-refractivity contribution in [3.63, 3.8) is 0 Å². The Morgan fingerprint density at radius 3 is 2.72 bits per heavy atom. The molecular formula is C11H12BrNO5. The van der Waals surface area contributed by atoms with Gasteiger partial charge in [-0.05, 0) is 35.8 Å². The third-order valence-corrected chi connectivity index (χ3v) is 2.49. The molecule has 98 valence electrons. The maximum absolute atomic E-state index is 11.3. The minimum absolute atomic E-state index is 0.106. The summed E-state index contributed by atoms with van der Waals surface area (Å²) in [6, 6.07) is 4.07. The predicted octanol–water partition coefficient (Wildman–Crippen LogP) is 2.69. The summed E-state index contributed by atoms with van der Waals surface area (Å²) in [5.74, 6) is -0.298. The minimum atomic E-state index is -0.536. The molecule has 0 saturated carbocycles. The summed E-state index contributed by atoms with van der Waals surface area (Å²) in [7, 11) is 0. The van der Waals surface area contributed by atoms with Gasteiger partial charge in [-0.2, -0.15) is 0 Å². The predicted molar refractivity (Wildman–Crippen MR) is 67.5 cm³/mol. The zero-order valence-corrected chi connectivity index (χ0v) is 11.5. The van der Waals surface area contributed by atoms with E-state index in [9.17, 15) is 14.9 Å². The lowest BCUT2D eigenvalue weighted by molar-refractivity contribution is -0.385. The Hall–Kier alpha value is -1.63. The van der Waals surface area contributed by atoms with Gasteiger partial charge in [0.1, 0.15) is 5.75 Å². The van der Waals surface area contributed by atoms with E-state index in [4.69, 9.17) is 9.47 Å². The molecule has 0 atom stereocenters. The molecule has 0 amide bonds. The number of nitro benzene ring substituents is 1. The molecule has 0 N–H and O–H groups in total. The number of nitro groups is 1. The van der Waals surface area contributed by atoms with Gasteiger partial charge in [-0.25, -0.2) is 4.79 Å². The molecule has 1 aromatic rings. The maximum atomic E-state index is 11.3. The second-order valence-corrected chi connectivity index (χ2v) is 4.55. The monoisotopic (exact) mass is 317 g/mol. The lowest BCUT2D eigenvalue weighted by atomic mass is 10.3. The van der Waals surface area contributed by atoms with E-state index < -0.39 is 10.9 Å². The van der Waals surface area contributed by atoms with Crippen LogP contribution in [0.4, 0.5) is 5.69 Å². The average molecular weight is 318 g/mol. The highest BCUT2D eigenvalue weighted by Gasteiger charge is 2.12. The summed E-state index contributed by atoms with van der Waals surface area (Å²) >= 11 is 3.18. The van der Waals surface area contributed by atoms with Crippen molar-refractivity contribution < 1.29 is 19.2 Å². The molecule has 0 fully saturated rings. The highest BCUT2D eigenvalue weighted by atomic mass is 79.9. The Bertz CT molecular complexity index is 461. The minimum Gasteiger partial charge on any atom is -0.480 e. The summed E-state index contributed by atoms with van der Waals surface area (Å²) in [5.41, 5.74) is -0.106. The fraction of sp³-hybridized carbons (Fsp3) is 0.364. The van der Waals surface area contributed by atoms with Crippen LogP contribution in [0.3, 0.4) is 0 Å². The highest BCUT2D eigenvalue weighted by molar-refractivity contribution is 9.10. The van der Waals surface area contributed by atoms with Crippen molar-refractivity contribution in [3.05, 3.63) is 32.8 Å². The summed E-state index contributed by atoms with van der Waals surface area (Å²) in [5, 5.41) is 10.6. The van der Waals surface area contributed by atoms with Gasteiger partial charge in [0, 0.05) is 6.07 Å². The van der Waals surface area contributed by atoms with E-state index >= 15 is 0 Å². The van der Waals surface area contributed by atoms with Crippen LogP contribution in [0.25, 0.3) is 0 Å². The molecule has 0 bridgehead atoms. The first-order valence-corrected chi connectivity index (χ1v) is 5.95. The van der Waals surface area contributed by atoms with Crippen molar-refractivity contribution in [2.75, 3.05) is 6.61 Å². The third-order valence-electron chi connectivity index (χ3n) is 1.84. The molecular weight excluding hydrogens is 306 g/mol. The fourth-order valence-corrected chi connectivity index (χ4v) is 1.51. The van der Waals surface area contributed by atoms with Crippen LogP contribution in [0.1, 0.15) is 13.8 Å². The van der Waals surface area contributed by atoms with Gasteiger partial charge in [0.25, 0.3) is 5.69 Å². The number of esters is 1. The van der Waals surface area contributed by atoms with Crippen molar-refractivity contribution in [2.24, 2.45) is 0 Å². The van der Waals surface area contributed by atoms with E-state index in [1.54, 1.807) is 13.8 Å². The van der Waals surface area contributed by atoms with Crippen LogP contribution in [-0.2, 0) is 9.53 Å². The number of ether oxygens (including phenoxy) is 2. The Labute approximate surface area is 112 Å². The van der Waals surface area contributed by atoms with Gasteiger partial charge < -0.3 is 9.47 Å². The Morgan fingerprint density at radius 1 is 1.50 bits per heavy atom. The quantitative estimate of drug-likeness (QED) is 0.474. The number of benzene rings is 1. The van der Waals surface area contributed by atoms with Crippen LogP contribution < -0.4 is 4.74 Å². The second-order valence-electron chi connectivity index (χ2n) is 3.70. The van der Waals surface area contributed by atoms with Crippen LogP contribution in [-0.4, -0.2) is 23.6 Å². The van der Waals surface area contributed by atoms with E-state index in [-0.39, 0.29) is 24.1 Å². The summed E-state index contributed by atoms with van der Waals surface area (Å²) in [4.78, 5) is 21.3. The fourth-order valence-electron chi connectivity index (χ4n) is 1.15. The molecule has 0 aromatic heterocycles. The topological polar surface area (TPSA) is 78.7 Å². The van der Waals surface area contributed by atoms with Gasteiger partial charge in [-0.15, -0.1) is 0 Å². The highest BCUT2D eigenvalue weighted by Crippen LogP contribution is 2.29. The Kier molecular flexibility index (Phi) is 5.08. The zero-order valence-electron chi connectivity index (χ0n) is 9.88. The molecule has 0 aliphatic rings. The van der Waals surface area contributed by atoms with Crippen LogP contribution in [0.2, 0.25) is 0 Å².